The van der Waals surface area contributed by atoms with Gasteiger partial charge in [0.1, 0.15) is 6.61 Å². The minimum atomic E-state index is -0.988. The van der Waals surface area contributed by atoms with Crippen LogP contribution in [0.1, 0.15) is 0 Å². The monoisotopic (exact) mass is 348 g/mol. The van der Waals surface area contributed by atoms with Gasteiger partial charge in [-0.3, -0.25) is 0 Å². The van der Waals surface area contributed by atoms with Crippen LogP contribution in [-0.4, -0.2) is 88.9 Å². The normalized spacial score (nSPS) is 11.7. The maximum absolute atomic E-state index is 10.2. The van der Waals surface area contributed by atoms with E-state index in [1.165, 1.54) is 0 Å². The molecule has 0 saturated carbocycles. The van der Waals surface area contributed by atoms with Gasteiger partial charge in [-0.15, -0.1) is 0 Å². The Hall–Kier alpha value is -1.29. The molecule has 0 aliphatic heterocycles. The molecule has 0 unspecified atom stereocenters. The van der Waals surface area contributed by atoms with Gasteiger partial charge in [0, 0.05) is 0 Å². The Balaban J connectivity index is 3.18. The number of aliphatic carboxylic acids is 1. The third-order valence-electron chi connectivity index (χ3n) is 2.39. The molecular weight excluding hydrogens is 320 g/mol. The van der Waals surface area contributed by atoms with Gasteiger partial charge in [-0.25, -0.2) is 4.79 Å². The fourth-order valence-corrected chi connectivity index (χ4v) is 1.35. The van der Waals surface area contributed by atoms with Crippen LogP contribution in [-0.2, 0) is 28.5 Å². The number of rotatable bonds is 18. The summed E-state index contributed by atoms with van der Waals surface area (Å²) in [7, 11) is 0. The van der Waals surface area contributed by atoms with Gasteiger partial charge in [0.05, 0.1) is 66.1 Å². The van der Waals surface area contributed by atoms with Crippen molar-refractivity contribution in [3.8, 4) is 0 Å². The lowest BCUT2D eigenvalue weighted by molar-refractivity contribution is -0.142. The fraction of sp³-hybridized carbons (Fsp3) is 0.688. The molecule has 8 nitrogen and oxygen atoms in total. The molecule has 0 aromatic heterocycles. The van der Waals surface area contributed by atoms with E-state index in [1.807, 2.05) is 24.3 Å². The van der Waals surface area contributed by atoms with Crippen molar-refractivity contribution in [1.29, 1.82) is 0 Å². The highest BCUT2D eigenvalue weighted by Gasteiger charge is 1.95. The van der Waals surface area contributed by atoms with Gasteiger partial charge in [0.2, 0.25) is 0 Å². The molecule has 0 fully saturated rings. The smallest absolute Gasteiger partial charge is 0.329 e. The van der Waals surface area contributed by atoms with Crippen molar-refractivity contribution in [3.63, 3.8) is 0 Å². The Morgan fingerprint density at radius 2 is 1.17 bits per heavy atom. The number of hydrogen-bond donors (Lipinski definition) is 2. The van der Waals surface area contributed by atoms with Gasteiger partial charge in [0.25, 0.3) is 0 Å². The van der Waals surface area contributed by atoms with E-state index in [4.69, 9.17) is 33.9 Å². The minimum Gasteiger partial charge on any atom is -0.480 e. The topological polar surface area (TPSA) is 104 Å². The first-order chi connectivity index (χ1) is 11.8. The maximum Gasteiger partial charge on any atom is 0.329 e. The second-order valence-corrected chi connectivity index (χ2v) is 4.40. The Morgan fingerprint density at radius 3 is 1.67 bits per heavy atom. The third-order valence-corrected chi connectivity index (χ3v) is 2.39. The molecule has 2 N–H and O–H groups in total. The Kier molecular flexibility index (Phi) is 18.7. The van der Waals surface area contributed by atoms with Gasteiger partial charge in [-0.1, -0.05) is 24.3 Å². The number of aliphatic hydroxyl groups excluding tert-OH is 1. The number of carbonyl (C=O) groups is 1. The van der Waals surface area contributed by atoms with Crippen molar-refractivity contribution in [1.82, 2.24) is 0 Å². The molecule has 0 aromatic rings. The molecule has 0 amide bonds. The lowest BCUT2D eigenvalue weighted by atomic mass is 10.4. The standard InChI is InChI=1S/C16H28O8/c17-5-8-22-11-9-20-6-3-1-2-4-7-21-10-12-23-13-14-24-15-16(18)19/h1-4,17H,5-15H2,(H,18,19)/b3-1+,4-2+. The zero-order valence-corrected chi connectivity index (χ0v) is 13.9. The average molecular weight is 348 g/mol. The minimum absolute atomic E-state index is 0.0279. The number of ether oxygens (including phenoxy) is 5. The lowest BCUT2D eigenvalue weighted by Crippen LogP contribution is -2.13. The van der Waals surface area contributed by atoms with Crippen molar-refractivity contribution < 1.29 is 38.7 Å². The van der Waals surface area contributed by atoms with E-state index < -0.39 is 5.97 Å². The van der Waals surface area contributed by atoms with Crippen LogP contribution in [0, 0.1) is 0 Å². The van der Waals surface area contributed by atoms with Crippen molar-refractivity contribution in [2.45, 2.75) is 0 Å². The summed E-state index contributed by atoms with van der Waals surface area (Å²) in [5, 5.41) is 16.8. The van der Waals surface area contributed by atoms with Crippen LogP contribution >= 0.6 is 0 Å². The van der Waals surface area contributed by atoms with Gasteiger partial charge >= 0.3 is 5.97 Å². The predicted molar refractivity (Wildman–Crippen MR) is 87.1 cm³/mol. The number of aliphatic hydroxyl groups is 1. The molecule has 0 bridgehead atoms. The molecular formula is C16H28O8. The molecule has 0 aliphatic carbocycles. The molecule has 24 heavy (non-hydrogen) atoms. The summed E-state index contributed by atoms with van der Waals surface area (Å²) in [6.07, 6.45) is 7.49. The summed E-state index contributed by atoms with van der Waals surface area (Å²) in [5.74, 6) is -0.988. The Morgan fingerprint density at radius 1 is 0.708 bits per heavy atom. The van der Waals surface area contributed by atoms with E-state index in [-0.39, 0.29) is 19.8 Å². The molecule has 0 heterocycles. The second kappa shape index (κ2) is 19.8. The van der Waals surface area contributed by atoms with Gasteiger partial charge in [-0.2, -0.15) is 0 Å². The van der Waals surface area contributed by atoms with Gasteiger partial charge in [0.15, 0.2) is 0 Å². The molecule has 0 saturated heterocycles. The second-order valence-electron chi connectivity index (χ2n) is 4.40. The first-order valence-corrected chi connectivity index (χ1v) is 7.80. The summed E-state index contributed by atoms with van der Waals surface area (Å²) >= 11 is 0. The molecule has 0 aromatic carbocycles. The summed E-state index contributed by atoms with van der Waals surface area (Å²) in [6.45, 7) is 3.53. The summed E-state index contributed by atoms with van der Waals surface area (Å²) in [4.78, 5) is 10.2. The zero-order valence-electron chi connectivity index (χ0n) is 13.9. The lowest BCUT2D eigenvalue weighted by Gasteiger charge is -2.04. The first-order valence-electron chi connectivity index (χ1n) is 7.80. The quantitative estimate of drug-likeness (QED) is 0.268. The number of carboxylic acids is 1. The van der Waals surface area contributed by atoms with E-state index in [2.05, 4.69) is 0 Å². The first kappa shape index (κ1) is 22.7. The summed E-state index contributed by atoms with van der Waals surface area (Å²) in [6, 6.07) is 0. The highest BCUT2D eigenvalue weighted by Crippen LogP contribution is 1.85. The summed E-state index contributed by atoms with van der Waals surface area (Å²) < 4.78 is 25.6. The molecule has 0 radical (unpaired) electrons. The van der Waals surface area contributed by atoms with E-state index in [9.17, 15) is 4.79 Å². The highest BCUT2D eigenvalue weighted by molar-refractivity contribution is 5.67. The average Bonchev–Trinajstić information content (AvgIpc) is 2.56. The van der Waals surface area contributed by atoms with Crippen LogP contribution in [0.3, 0.4) is 0 Å². The molecule has 0 aliphatic rings. The van der Waals surface area contributed by atoms with Crippen molar-refractivity contribution >= 4 is 5.97 Å². The van der Waals surface area contributed by atoms with Gasteiger partial charge < -0.3 is 33.9 Å². The molecule has 0 atom stereocenters. The molecule has 140 valence electrons. The SMILES string of the molecule is O=C(O)COCCOCCOC/C=C/C=C/COCCOCCO. The molecule has 8 heteroatoms. The predicted octanol–water partition coefficient (Wildman–Crippen LogP) is 0.259. The van der Waals surface area contributed by atoms with Crippen molar-refractivity contribution in [2.24, 2.45) is 0 Å². The third kappa shape index (κ3) is 20.7. The fourth-order valence-electron chi connectivity index (χ4n) is 1.35. The number of carboxylic acid groups (broad SMARTS) is 1. The van der Waals surface area contributed by atoms with Crippen LogP contribution in [0.2, 0.25) is 0 Å². The van der Waals surface area contributed by atoms with Crippen molar-refractivity contribution in [3.05, 3.63) is 24.3 Å². The maximum atomic E-state index is 10.2. The van der Waals surface area contributed by atoms with Gasteiger partial charge in [-0.05, 0) is 0 Å². The van der Waals surface area contributed by atoms with Crippen LogP contribution < -0.4 is 0 Å². The largest absolute Gasteiger partial charge is 0.480 e. The van der Waals surface area contributed by atoms with E-state index >= 15 is 0 Å². The van der Waals surface area contributed by atoms with E-state index in [0.29, 0.717) is 52.9 Å². The van der Waals surface area contributed by atoms with Crippen LogP contribution in [0.4, 0.5) is 0 Å². The van der Waals surface area contributed by atoms with Crippen LogP contribution in [0.15, 0.2) is 24.3 Å². The van der Waals surface area contributed by atoms with E-state index in [0.717, 1.165) is 0 Å². The Labute approximate surface area is 142 Å². The zero-order chi connectivity index (χ0) is 17.7. The highest BCUT2D eigenvalue weighted by atomic mass is 16.5. The number of allylic oxidation sites excluding steroid dienone is 2. The summed E-state index contributed by atoms with van der Waals surface area (Å²) in [5.41, 5.74) is 0. The Bertz CT molecular complexity index is 330. The van der Waals surface area contributed by atoms with Crippen LogP contribution in [0.25, 0.3) is 0 Å². The molecule has 0 rings (SSSR count). The number of hydrogen-bond acceptors (Lipinski definition) is 7. The van der Waals surface area contributed by atoms with Crippen LogP contribution in [0.5, 0.6) is 0 Å². The molecule has 0 spiro atoms. The van der Waals surface area contributed by atoms with E-state index in [1.54, 1.807) is 0 Å². The van der Waals surface area contributed by atoms with Crippen molar-refractivity contribution in [2.75, 3.05) is 72.7 Å².